The average molecular weight is 399 g/mol. The number of hydrogen-bond acceptors (Lipinski definition) is 4. The summed E-state index contributed by atoms with van der Waals surface area (Å²) in [4.78, 5) is 15.6. The molecule has 2 heterocycles. The van der Waals surface area contributed by atoms with Gasteiger partial charge in [0.1, 0.15) is 11.3 Å². The minimum Gasteiger partial charge on any atom is -0.291 e. The summed E-state index contributed by atoms with van der Waals surface area (Å²) in [6.07, 6.45) is -3.63. The largest absolute Gasteiger partial charge is 0.416 e. The van der Waals surface area contributed by atoms with Crippen molar-refractivity contribution in [1.82, 2.24) is 9.38 Å². The molecule has 0 aliphatic heterocycles. The number of hydrogen-bond donors (Lipinski definition) is 0. The van der Waals surface area contributed by atoms with Crippen LogP contribution in [0.2, 0.25) is 0 Å². The molecule has 0 saturated heterocycles. The fraction of sp³-hybridized carbons (Fsp3) is 0.333. The van der Waals surface area contributed by atoms with E-state index in [2.05, 4.69) is 20.9 Å². The van der Waals surface area contributed by atoms with Crippen LogP contribution in [0, 0.1) is 0 Å². The molecule has 0 aromatic carbocycles. The lowest BCUT2D eigenvalue weighted by Gasteiger charge is -2.07. The fourth-order valence-electron chi connectivity index (χ4n) is 1.88. The zero-order valence-electron chi connectivity index (χ0n) is 11.2. The molecule has 2 aromatic rings. The molecule has 0 aliphatic rings. The maximum Gasteiger partial charge on any atom is 0.416 e. The van der Waals surface area contributed by atoms with E-state index in [9.17, 15) is 26.4 Å². The van der Waals surface area contributed by atoms with Crippen molar-refractivity contribution >= 4 is 37.2 Å². The van der Waals surface area contributed by atoms with Crippen LogP contribution in [-0.4, -0.2) is 34.7 Å². The molecule has 0 radical (unpaired) electrons. The highest BCUT2D eigenvalue weighted by Gasteiger charge is 2.33. The molecular weight excluding hydrogens is 389 g/mol. The lowest BCUT2D eigenvalue weighted by molar-refractivity contribution is -0.137. The Balaban J connectivity index is 2.83. The van der Waals surface area contributed by atoms with Gasteiger partial charge in [-0.3, -0.25) is 9.20 Å². The van der Waals surface area contributed by atoms with Crippen LogP contribution in [0.15, 0.2) is 23.4 Å². The number of rotatable bonds is 4. The summed E-state index contributed by atoms with van der Waals surface area (Å²) in [6.45, 7) is 1.38. The predicted molar refractivity (Wildman–Crippen MR) is 76.0 cm³/mol. The van der Waals surface area contributed by atoms with Gasteiger partial charge in [0, 0.05) is 6.20 Å². The lowest BCUT2D eigenvalue weighted by Crippen LogP contribution is -2.13. The first-order chi connectivity index (χ1) is 10.1. The highest BCUT2D eigenvalue weighted by atomic mass is 79.9. The van der Waals surface area contributed by atoms with E-state index >= 15 is 0 Å². The number of ketones is 1. The van der Waals surface area contributed by atoms with Gasteiger partial charge in [-0.25, -0.2) is 13.4 Å². The number of carbonyl (C=O) groups is 1. The van der Waals surface area contributed by atoms with Crippen LogP contribution in [0.4, 0.5) is 13.2 Å². The van der Waals surface area contributed by atoms with E-state index in [0.29, 0.717) is 6.07 Å². The Morgan fingerprint density at radius 1 is 1.41 bits per heavy atom. The van der Waals surface area contributed by atoms with E-state index in [4.69, 9.17) is 0 Å². The highest BCUT2D eigenvalue weighted by molar-refractivity contribution is 9.09. The Morgan fingerprint density at radius 3 is 2.55 bits per heavy atom. The number of aromatic nitrogens is 2. The molecule has 0 N–H and O–H groups in total. The average Bonchev–Trinajstić information content (AvgIpc) is 2.84. The Kier molecular flexibility index (Phi) is 4.35. The molecule has 0 saturated carbocycles. The second kappa shape index (κ2) is 5.65. The number of nitrogens with zero attached hydrogens (tertiary/aromatic N) is 2. The molecule has 0 unspecified atom stereocenters. The van der Waals surface area contributed by atoms with Gasteiger partial charge in [-0.2, -0.15) is 13.2 Å². The fourth-order valence-corrected chi connectivity index (χ4v) is 3.32. The van der Waals surface area contributed by atoms with Crippen LogP contribution in [0.5, 0.6) is 0 Å². The first-order valence-corrected chi connectivity index (χ1v) is 8.80. The Labute approximate surface area is 132 Å². The van der Waals surface area contributed by atoms with Gasteiger partial charge in [-0.1, -0.05) is 22.9 Å². The van der Waals surface area contributed by atoms with Gasteiger partial charge in [0.15, 0.2) is 20.6 Å². The van der Waals surface area contributed by atoms with Crippen molar-refractivity contribution in [3.63, 3.8) is 0 Å². The van der Waals surface area contributed by atoms with E-state index in [1.165, 1.54) is 6.92 Å². The van der Waals surface area contributed by atoms with Crippen LogP contribution < -0.4 is 0 Å². The van der Waals surface area contributed by atoms with Crippen LogP contribution in [0.25, 0.3) is 5.65 Å². The van der Waals surface area contributed by atoms with Crippen LogP contribution in [0.1, 0.15) is 23.0 Å². The molecule has 5 nitrogen and oxygen atoms in total. The maximum atomic E-state index is 12.7. The standard InChI is InChI=1S/C12H10BrF3N2O3S/c1-2-22(20,21)11-10(8(19)6-13)17-9-5-7(12(14,15)16)3-4-18(9)11/h3-5H,2,6H2,1H3. The molecule has 0 spiro atoms. The molecule has 0 amide bonds. The number of pyridine rings is 1. The van der Waals surface area contributed by atoms with Crippen LogP contribution in [-0.2, 0) is 16.0 Å². The molecule has 2 aromatic heterocycles. The predicted octanol–water partition coefficient (Wildman–Crippen LogP) is 2.72. The van der Waals surface area contributed by atoms with Crippen LogP contribution >= 0.6 is 15.9 Å². The normalized spacial score (nSPS) is 12.8. The van der Waals surface area contributed by atoms with E-state index in [0.717, 1.165) is 16.7 Å². The SMILES string of the molecule is CCS(=O)(=O)c1c(C(=O)CBr)nc2cc(C(F)(F)F)ccn12. The van der Waals surface area contributed by atoms with Crippen molar-refractivity contribution in [3.8, 4) is 0 Å². The van der Waals surface area contributed by atoms with E-state index in [1.807, 2.05) is 0 Å². The summed E-state index contributed by atoms with van der Waals surface area (Å²) in [5, 5.41) is -0.571. The third kappa shape index (κ3) is 2.89. The van der Waals surface area contributed by atoms with E-state index in [-0.39, 0.29) is 27.5 Å². The summed E-state index contributed by atoms with van der Waals surface area (Å²) < 4.78 is 63.4. The second-order valence-electron chi connectivity index (χ2n) is 4.37. The van der Waals surface area contributed by atoms with Gasteiger partial charge in [0.25, 0.3) is 0 Å². The Hall–Kier alpha value is -1.42. The van der Waals surface area contributed by atoms with E-state index < -0.39 is 27.4 Å². The summed E-state index contributed by atoms with van der Waals surface area (Å²) >= 11 is 2.90. The Bertz CT molecular complexity index is 843. The van der Waals surface area contributed by atoms with Gasteiger partial charge in [-0.05, 0) is 12.1 Å². The minimum absolute atomic E-state index is 0.185. The summed E-state index contributed by atoms with van der Waals surface area (Å²) in [6, 6.07) is 1.45. The molecule has 0 atom stereocenters. The molecule has 0 fully saturated rings. The maximum absolute atomic E-state index is 12.7. The smallest absolute Gasteiger partial charge is 0.291 e. The van der Waals surface area contributed by atoms with Crippen molar-refractivity contribution in [1.29, 1.82) is 0 Å². The molecule has 2 rings (SSSR count). The molecule has 10 heteroatoms. The zero-order chi connectivity index (χ0) is 16.7. The molecule has 0 bridgehead atoms. The molecule has 22 heavy (non-hydrogen) atoms. The number of alkyl halides is 4. The van der Waals surface area contributed by atoms with Gasteiger partial charge in [0.2, 0.25) is 0 Å². The lowest BCUT2D eigenvalue weighted by atomic mass is 10.2. The van der Waals surface area contributed by atoms with Crippen molar-refractivity contribution < 1.29 is 26.4 Å². The van der Waals surface area contributed by atoms with Gasteiger partial charge in [-0.15, -0.1) is 0 Å². The minimum atomic E-state index is -4.59. The second-order valence-corrected chi connectivity index (χ2v) is 7.12. The van der Waals surface area contributed by atoms with Crippen molar-refractivity contribution in [2.75, 3.05) is 11.1 Å². The van der Waals surface area contributed by atoms with Crippen LogP contribution in [0.3, 0.4) is 0 Å². The molecule has 120 valence electrons. The summed E-state index contributed by atoms with van der Waals surface area (Å²) in [5.74, 6) is -0.922. The van der Waals surface area contributed by atoms with Gasteiger partial charge >= 0.3 is 6.18 Å². The number of fused-ring (bicyclic) bond motifs is 1. The van der Waals surface area contributed by atoms with Gasteiger partial charge in [0.05, 0.1) is 16.6 Å². The summed E-state index contributed by atoms with van der Waals surface area (Å²) in [7, 11) is -3.84. The first-order valence-electron chi connectivity index (χ1n) is 6.03. The summed E-state index contributed by atoms with van der Waals surface area (Å²) in [5.41, 5.74) is -1.58. The molecular formula is C12H10BrF3N2O3S. The third-order valence-electron chi connectivity index (χ3n) is 2.97. The highest BCUT2D eigenvalue weighted by Crippen LogP contribution is 2.31. The Morgan fingerprint density at radius 2 is 2.05 bits per heavy atom. The topological polar surface area (TPSA) is 68.5 Å². The van der Waals surface area contributed by atoms with Crippen molar-refractivity contribution in [3.05, 3.63) is 29.6 Å². The quantitative estimate of drug-likeness (QED) is 0.586. The van der Waals surface area contributed by atoms with Gasteiger partial charge < -0.3 is 0 Å². The number of sulfone groups is 1. The number of carbonyl (C=O) groups excluding carboxylic acids is 1. The molecule has 0 aliphatic carbocycles. The zero-order valence-corrected chi connectivity index (χ0v) is 13.6. The third-order valence-corrected chi connectivity index (χ3v) is 5.22. The first kappa shape index (κ1) is 16.9. The van der Waals surface area contributed by atoms with Crippen molar-refractivity contribution in [2.45, 2.75) is 18.1 Å². The van der Waals surface area contributed by atoms with Crippen molar-refractivity contribution in [2.24, 2.45) is 0 Å². The number of Topliss-reactive ketones (excluding diaryl/α,β-unsaturated/α-hetero) is 1. The van der Waals surface area contributed by atoms with E-state index in [1.54, 1.807) is 0 Å². The number of halogens is 4. The monoisotopic (exact) mass is 398 g/mol. The number of imidazole rings is 1.